The Labute approximate surface area is 153 Å². The van der Waals surface area contributed by atoms with E-state index in [1.807, 2.05) is 32.0 Å². The van der Waals surface area contributed by atoms with E-state index in [0.29, 0.717) is 16.8 Å². The average molecular weight is 350 g/mol. The molecule has 5 nitrogen and oxygen atoms in total. The third-order valence-corrected chi connectivity index (χ3v) is 3.75. The van der Waals surface area contributed by atoms with Gasteiger partial charge in [0.25, 0.3) is 0 Å². The Morgan fingerprint density at radius 2 is 1.73 bits per heavy atom. The zero-order chi connectivity index (χ0) is 18.9. The van der Waals surface area contributed by atoms with Gasteiger partial charge in [-0.05, 0) is 49.7 Å². The van der Waals surface area contributed by atoms with E-state index < -0.39 is 5.97 Å². The highest BCUT2D eigenvalue weighted by atomic mass is 16.5. The van der Waals surface area contributed by atoms with E-state index in [1.165, 1.54) is 7.11 Å². The number of methoxy groups -OCH3 is 1. The Balaban J connectivity index is 2.11. The predicted octanol–water partition coefficient (Wildman–Crippen LogP) is 3.79. The minimum Gasteiger partial charge on any atom is -0.465 e. The lowest BCUT2D eigenvalue weighted by atomic mass is 10.1. The zero-order valence-electron chi connectivity index (χ0n) is 15.1. The van der Waals surface area contributed by atoms with E-state index in [-0.39, 0.29) is 12.1 Å². The quantitative estimate of drug-likeness (QED) is 0.651. The number of carbonyl (C=O) groups is 2. The topological polar surface area (TPSA) is 67.4 Å². The maximum absolute atomic E-state index is 11.9. The van der Waals surface area contributed by atoms with Crippen LogP contribution >= 0.6 is 0 Å². The lowest BCUT2D eigenvalue weighted by Crippen LogP contribution is -2.35. The number of anilines is 1. The molecule has 2 rings (SSSR count). The second kappa shape index (κ2) is 9.28. The number of hydrogen-bond acceptors (Lipinski definition) is 3. The molecule has 0 saturated heterocycles. The van der Waals surface area contributed by atoms with Gasteiger partial charge in [-0.15, -0.1) is 0 Å². The van der Waals surface area contributed by atoms with E-state index in [2.05, 4.69) is 22.5 Å². The van der Waals surface area contributed by atoms with Crippen LogP contribution in [0.4, 0.5) is 10.5 Å². The fourth-order valence-corrected chi connectivity index (χ4v) is 2.15. The summed E-state index contributed by atoms with van der Waals surface area (Å²) in [5.74, 6) is 5.66. The van der Waals surface area contributed by atoms with Gasteiger partial charge >= 0.3 is 12.0 Å². The molecule has 0 saturated carbocycles. The highest BCUT2D eigenvalue weighted by molar-refractivity contribution is 5.90. The normalized spacial score (nSPS) is 10.9. The second-order valence-corrected chi connectivity index (χ2v) is 5.81. The highest BCUT2D eigenvalue weighted by Gasteiger charge is 2.06. The second-order valence-electron chi connectivity index (χ2n) is 5.81. The number of nitrogens with one attached hydrogen (secondary N) is 2. The van der Waals surface area contributed by atoms with Crippen LogP contribution in [-0.4, -0.2) is 25.2 Å². The van der Waals surface area contributed by atoms with Crippen molar-refractivity contribution in [2.45, 2.75) is 26.3 Å². The third-order valence-electron chi connectivity index (χ3n) is 3.75. The van der Waals surface area contributed by atoms with Crippen LogP contribution in [0.15, 0.2) is 48.5 Å². The molecule has 26 heavy (non-hydrogen) atoms. The average Bonchev–Trinajstić information content (AvgIpc) is 2.66. The Bertz CT molecular complexity index is 850. The molecule has 0 aliphatic heterocycles. The summed E-state index contributed by atoms with van der Waals surface area (Å²) < 4.78 is 4.71. The summed E-state index contributed by atoms with van der Waals surface area (Å²) in [6, 6.07) is 14.1. The van der Waals surface area contributed by atoms with Crippen LogP contribution in [0.1, 0.15) is 41.8 Å². The van der Waals surface area contributed by atoms with Gasteiger partial charge in [-0.3, -0.25) is 0 Å². The van der Waals surface area contributed by atoms with Crippen LogP contribution in [0.2, 0.25) is 0 Å². The predicted molar refractivity (Wildman–Crippen MR) is 102 cm³/mol. The van der Waals surface area contributed by atoms with Crippen molar-refractivity contribution in [2.75, 3.05) is 12.4 Å². The smallest absolute Gasteiger partial charge is 0.337 e. The van der Waals surface area contributed by atoms with E-state index >= 15 is 0 Å². The summed E-state index contributed by atoms with van der Waals surface area (Å²) in [5.41, 5.74) is 2.59. The van der Waals surface area contributed by atoms with Gasteiger partial charge in [-0.25, -0.2) is 9.59 Å². The van der Waals surface area contributed by atoms with Crippen molar-refractivity contribution in [2.24, 2.45) is 0 Å². The maximum Gasteiger partial charge on any atom is 0.337 e. The van der Waals surface area contributed by atoms with Gasteiger partial charge in [0.2, 0.25) is 0 Å². The zero-order valence-corrected chi connectivity index (χ0v) is 15.1. The number of hydrogen-bond donors (Lipinski definition) is 2. The van der Waals surface area contributed by atoms with Gasteiger partial charge in [0.1, 0.15) is 0 Å². The first-order valence-electron chi connectivity index (χ1n) is 8.39. The molecule has 0 aromatic heterocycles. The van der Waals surface area contributed by atoms with Crippen molar-refractivity contribution in [1.29, 1.82) is 0 Å². The first-order valence-corrected chi connectivity index (χ1v) is 8.39. The summed E-state index contributed by atoms with van der Waals surface area (Å²) in [6.45, 7) is 3.96. The molecule has 0 aliphatic carbocycles. The molecule has 2 amide bonds. The van der Waals surface area contributed by atoms with Crippen LogP contribution < -0.4 is 10.6 Å². The largest absolute Gasteiger partial charge is 0.465 e. The SMILES string of the molecule is CC[C@H](C)NC(=O)Nc1cccc(C#Cc2cccc(C(=O)OC)c2)c1. The Morgan fingerprint density at radius 1 is 1.08 bits per heavy atom. The standard InChI is InChI=1S/C21H22N2O3/c1-4-15(2)22-21(25)23-19-10-6-8-17(14-19)12-11-16-7-5-9-18(13-16)20(24)26-3/h5-10,13-15H,4H2,1-3H3,(H2,22,23,25)/t15-/m0/s1. The van der Waals surface area contributed by atoms with Crippen LogP contribution in [0.25, 0.3) is 0 Å². The van der Waals surface area contributed by atoms with Gasteiger partial charge in [0.15, 0.2) is 0 Å². The fraction of sp³-hybridized carbons (Fsp3) is 0.238. The number of carbonyl (C=O) groups excluding carboxylic acids is 2. The molecule has 0 fully saturated rings. The van der Waals surface area contributed by atoms with Crippen LogP contribution in [0.3, 0.4) is 0 Å². The summed E-state index contributed by atoms with van der Waals surface area (Å²) in [7, 11) is 1.34. The van der Waals surface area contributed by atoms with E-state index in [9.17, 15) is 9.59 Å². The van der Waals surface area contributed by atoms with Crippen molar-refractivity contribution in [3.8, 4) is 11.8 Å². The summed E-state index contributed by atoms with van der Waals surface area (Å²) in [5, 5.41) is 5.65. The molecule has 0 radical (unpaired) electrons. The van der Waals surface area contributed by atoms with Crippen molar-refractivity contribution >= 4 is 17.7 Å². The highest BCUT2D eigenvalue weighted by Crippen LogP contribution is 2.11. The third kappa shape index (κ3) is 5.67. The molecule has 5 heteroatoms. The fourth-order valence-electron chi connectivity index (χ4n) is 2.15. The van der Waals surface area contributed by atoms with Crippen molar-refractivity contribution < 1.29 is 14.3 Å². The van der Waals surface area contributed by atoms with Gasteiger partial charge in [0.05, 0.1) is 12.7 Å². The molecule has 0 bridgehead atoms. The maximum atomic E-state index is 11.9. The Kier molecular flexibility index (Phi) is 6.81. The lowest BCUT2D eigenvalue weighted by Gasteiger charge is -2.12. The molecule has 0 aliphatic rings. The Morgan fingerprint density at radius 3 is 2.38 bits per heavy atom. The van der Waals surface area contributed by atoms with Gasteiger partial charge in [-0.2, -0.15) is 0 Å². The van der Waals surface area contributed by atoms with Crippen molar-refractivity contribution in [3.63, 3.8) is 0 Å². The number of ether oxygens (including phenoxy) is 1. The Hall–Kier alpha value is -3.26. The van der Waals surface area contributed by atoms with Crippen molar-refractivity contribution in [3.05, 3.63) is 65.2 Å². The number of urea groups is 1. The monoisotopic (exact) mass is 350 g/mol. The summed E-state index contributed by atoms with van der Waals surface area (Å²) in [4.78, 5) is 23.5. The summed E-state index contributed by atoms with van der Waals surface area (Å²) >= 11 is 0. The molecule has 134 valence electrons. The van der Waals surface area contributed by atoms with Gasteiger partial charge in [0, 0.05) is 22.9 Å². The van der Waals surface area contributed by atoms with E-state index in [4.69, 9.17) is 4.74 Å². The minimum atomic E-state index is -0.396. The van der Waals surface area contributed by atoms with Crippen molar-refractivity contribution in [1.82, 2.24) is 5.32 Å². The van der Waals surface area contributed by atoms with Crippen LogP contribution in [0, 0.1) is 11.8 Å². The molecule has 2 N–H and O–H groups in total. The van der Waals surface area contributed by atoms with Crippen LogP contribution in [-0.2, 0) is 4.74 Å². The molecule has 2 aromatic carbocycles. The lowest BCUT2D eigenvalue weighted by molar-refractivity contribution is 0.0600. The number of esters is 1. The molecular weight excluding hydrogens is 328 g/mol. The van der Waals surface area contributed by atoms with Gasteiger partial charge in [-0.1, -0.05) is 30.9 Å². The molecule has 0 heterocycles. The molecular formula is C21H22N2O3. The first kappa shape index (κ1) is 19.1. The van der Waals surface area contributed by atoms with E-state index in [0.717, 1.165) is 12.0 Å². The number of benzene rings is 2. The van der Waals surface area contributed by atoms with Crippen LogP contribution in [0.5, 0.6) is 0 Å². The summed E-state index contributed by atoms with van der Waals surface area (Å²) in [6.07, 6.45) is 0.865. The minimum absolute atomic E-state index is 0.111. The molecule has 0 spiro atoms. The molecule has 2 aromatic rings. The first-order chi connectivity index (χ1) is 12.5. The number of amides is 2. The molecule has 0 unspecified atom stereocenters. The molecule has 1 atom stereocenters. The number of rotatable bonds is 4. The van der Waals surface area contributed by atoms with E-state index in [1.54, 1.807) is 30.3 Å². The van der Waals surface area contributed by atoms with Gasteiger partial charge < -0.3 is 15.4 Å².